The van der Waals surface area contributed by atoms with Crippen LogP contribution in [0.3, 0.4) is 0 Å². The minimum atomic E-state index is -0.393. The summed E-state index contributed by atoms with van der Waals surface area (Å²) in [4.78, 5) is 11.1. The Hall–Kier alpha value is -0.740. The number of thioether (sulfide) groups is 1. The molecule has 0 radical (unpaired) electrons. The highest BCUT2D eigenvalue weighted by molar-refractivity contribution is 7.99. The van der Waals surface area contributed by atoms with Gasteiger partial charge in [0.15, 0.2) is 0 Å². The van der Waals surface area contributed by atoms with Crippen molar-refractivity contribution in [3.05, 3.63) is 34.4 Å². The number of non-ortho nitro benzene ring substituents is 1. The first-order valence-electron chi connectivity index (χ1n) is 4.56. The number of nitro groups is 1. The third-order valence-corrected chi connectivity index (χ3v) is 3.71. The van der Waals surface area contributed by atoms with Crippen molar-refractivity contribution < 1.29 is 4.92 Å². The average molecular weight is 246 g/mol. The van der Waals surface area contributed by atoms with E-state index in [0.29, 0.717) is 11.8 Å². The largest absolute Gasteiger partial charge is 0.269 e. The molecule has 1 rings (SSSR count). The van der Waals surface area contributed by atoms with E-state index in [-0.39, 0.29) is 5.69 Å². The Kier molecular flexibility index (Phi) is 4.91. The number of nitro benzene ring substituents is 1. The van der Waals surface area contributed by atoms with E-state index in [4.69, 9.17) is 11.6 Å². The van der Waals surface area contributed by atoms with E-state index in [1.165, 1.54) is 12.1 Å². The van der Waals surface area contributed by atoms with E-state index in [9.17, 15) is 10.1 Å². The molecule has 15 heavy (non-hydrogen) atoms. The molecule has 0 heterocycles. The molecule has 0 spiro atoms. The van der Waals surface area contributed by atoms with Crippen LogP contribution in [0.5, 0.6) is 0 Å². The summed E-state index contributed by atoms with van der Waals surface area (Å²) in [7, 11) is 0. The lowest BCUT2D eigenvalue weighted by Crippen LogP contribution is -1.98. The van der Waals surface area contributed by atoms with Crippen molar-refractivity contribution in [3.63, 3.8) is 0 Å². The molecule has 0 aliphatic carbocycles. The van der Waals surface area contributed by atoms with E-state index in [1.54, 1.807) is 23.9 Å². The lowest BCUT2D eigenvalue weighted by atomic mass is 10.3. The first-order chi connectivity index (χ1) is 7.13. The van der Waals surface area contributed by atoms with Crippen molar-refractivity contribution >= 4 is 29.1 Å². The van der Waals surface area contributed by atoms with Crippen LogP contribution in [0, 0.1) is 16.0 Å². The summed E-state index contributed by atoms with van der Waals surface area (Å²) in [6.45, 7) is 2.07. The van der Waals surface area contributed by atoms with Gasteiger partial charge in [-0.05, 0) is 18.1 Å². The Bertz CT molecular complexity index is 329. The molecule has 1 atom stereocenters. The van der Waals surface area contributed by atoms with Crippen molar-refractivity contribution in [2.24, 2.45) is 5.92 Å². The fourth-order valence-corrected chi connectivity index (χ4v) is 2.11. The molecule has 0 saturated carbocycles. The maximum atomic E-state index is 10.4. The highest BCUT2D eigenvalue weighted by Crippen LogP contribution is 2.23. The van der Waals surface area contributed by atoms with Crippen LogP contribution >= 0.6 is 23.4 Å². The summed E-state index contributed by atoms with van der Waals surface area (Å²) >= 11 is 7.35. The first kappa shape index (κ1) is 12.3. The molecule has 0 N–H and O–H groups in total. The fraction of sp³-hybridized carbons (Fsp3) is 0.400. The molecule has 0 aromatic heterocycles. The minimum Gasteiger partial charge on any atom is -0.258 e. The zero-order chi connectivity index (χ0) is 11.3. The molecule has 0 amide bonds. The summed E-state index contributed by atoms with van der Waals surface area (Å²) in [5.74, 6) is 2.02. The van der Waals surface area contributed by atoms with Gasteiger partial charge in [0, 0.05) is 28.7 Å². The highest BCUT2D eigenvalue weighted by atomic mass is 35.5. The Balaban J connectivity index is 2.53. The molecule has 0 aliphatic rings. The molecular weight excluding hydrogens is 234 g/mol. The standard InChI is InChI=1S/C10H12ClNO2S/c1-8(6-11)7-15-10-4-2-9(3-5-10)12(13)14/h2-5,8H,6-7H2,1H3. The lowest BCUT2D eigenvalue weighted by Gasteiger charge is -2.06. The Morgan fingerprint density at radius 1 is 1.47 bits per heavy atom. The van der Waals surface area contributed by atoms with Crippen molar-refractivity contribution in [3.8, 4) is 0 Å². The quantitative estimate of drug-likeness (QED) is 0.345. The van der Waals surface area contributed by atoms with Gasteiger partial charge in [0.1, 0.15) is 0 Å². The summed E-state index contributed by atoms with van der Waals surface area (Å²) < 4.78 is 0. The lowest BCUT2D eigenvalue weighted by molar-refractivity contribution is -0.384. The molecule has 3 nitrogen and oxygen atoms in total. The number of halogens is 1. The van der Waals surface area contributed by atoms with Crippen LogP contribution in [0.15, 0.2) is 29.2 Å². The summed E-state index contributed by atoms with van der Waals surface area (Å²) in [6, 6.07) is 6.58. The van der Waals surface area contributed by atoms with Crippen molar-refractivity contribution in [2.45, 2.75) is 11.8 Å². The normalized spacial score (nSPS) is 12.4. The third kappa shape index (κ3) is 4.10. The van der Waals surface area contributed by atoms with Crippen molar-refractivity contribution in [1.29, 1.82) is 0 Å². The van der Waals surface area contributed by atoms with Gasteiger partial charge in [-0.1, -0.05) is 6.92 Å². The van der Waals surface area contributed by atoms with Gasteiger partial charge in [-0.15, -0.1) is 23.4 Å². The van der Waals surface area contributed by atoms with Gasteiger partial charge >= 0.3 is 0 Å². The molecule has 1 aromatic carbocycles. The zero-order valence-corrected chi connectivity index (χ0v) is 9.92. The Morgan fingerprint density at radius 2 is 2.07 bits per heavy atom. The second-order valence-corrected chi connectivity index (χ2v) is 4.72. The number of rotatable bonds is 5. The van der Waals surface area contributed by atoms with Crippen LogP contribution < -0.4 is 0 Å². The molecule has 1 aromatic rings. The number of hydrogen-bond acceptors (Lipinski definition) is 3. The second kappa shape index (κ2) is 5.98. The minimum absolute atomic E-state index is 0.129. The second-order valence-electron chi connectivity index (χ2n) is 3.32. The highest BCUT2D eigenvalue weighted by Gasteiger charge is 2.05. The maximum Gasteiger partial charge on any atom is 0.269 e. The van der Waals surface area contributed by atoms with Crippen LogP contribution in [0.4, 0.5) is 5.69 Å². The molecule has 0 bridgehead atoms. The fourth-order valence-electron chi connectivity index (χ4n) is 0.947. The van der Waals surface area contributed by atoms with Crippen molar-refractivity contribution in [2.75, 3.05) is 11.6 Å². The van der Waals surface area contributed by atoms with E-state index < -0.39 is 4.92 Å². The molecule has 0 saturated heterocycles. The maximum absolute atomic E-state index is 10.4. The predicted octanol–water partition coefficient (Wildman–Crippen LogP) is 3.56. The summed E-state index contributed by atoms with van der Waals surface area (Å²) in [6.07, 6.45) is 0. The molecule has 0 fully saturated rings. The van der Waals surface area contributed by atoms with Crippen LogP contribution in [-0.4, -0.2) is 16.6 Å². The smallest absolute Gasteiger partial charge is 0.258 e. The molecular formula is C10H12ClNO2S. The third-order valence-electron chi connectivity index (χ3n) is 1.85. The van der Waals surface area contributed by atoms with Gasteiger partial charge in [0.25, 0.3) is 5.69 Å². The van der Waals surface area contributed by atoms with Gasteiger partial charge < -0.3 is 0 Å². The van der Waals surface area contributed by atoms with E-state index >= 15 is 0 Å². The van der Waals surface area contributed by atoms with Gasteiger partial charge in [0.05, 0.1) is 4.92 Å². The van der Waals surface area contributed by atoms with Crippen LogP contribution in [0.25, 0.3) is 0 Å². The number of alkyl halides is 1. The molecule has 82 valence electrons. The Labute approximate surface area is 98.0 Å². The number of benzene rings is 1. The first-order valence-corrected chi connectivity index (χ1v) is 6.08. The Morgan fingerprint density at radius 3 is 2.53 bits per heavy atom. The van der Waals surface area contributed by atoms with E-state index in [1.807, 2.05) is 0 Å². The van der Waals surface area contributed by atoms with Gasteiger partial charge in [0.2, 0.25) is 0 Å². The van der Waals surface area contributed by atoms with Crippen LogP contribution in [-0.2, 0) is 0 Å². The van der Waals surface area contributed by atoms with Crippen LogP contribution in [0.1, 0.15) is 6.92 Å². The average Bonchev–Trinajstić information content (AvgIpc) is 2.26. The zero-order valence-electron chi connectivity index (χ0n) is 8.35. The molecule has 0 aliphatic heterocycles. The van der Waals surface area contributed by atoms with Crippen molar-refractivity contribution in [1.82, 2.24) is 0 Å². The molecule has 1 unspecified atom stereocenters. The monoisotopic (exact) mass is 245 g/mol. The number of nitrogens with zero attached hydrogens (tertiary/aromatic N) is 1. The summed E-state index contributed by atoms with van der Waals surface area (Å²) in [5, 5.41) is 10.4. The summed E-state index contributed by atoms with van der Waals surface area (Å²) in [5.41, 5.74) is 0.129. The van der Waals surface area contributed by atoms with Gasteiger partial charge in [-0.3, -0.25) is 10.1 Å². The van der Waals surface area contributed by atoms with E-state index in [0.717, 1.165) is 10.6 Å². The predicted molar refractivity (Wildman–Crippen MR) is 63.7 cm³/mol. The molecule has 5 heteroatoms. The van der Waals surface area contributed by atoms with Gasteiger partial charge in [-0.25, -0.2) is 0 Å². The van der Waals surface area contributed by atoms with Crippen LogP contribution in [0.2, 0.25) is 0 Å². The van der Waals surface area contributed by atoms with E-state index in [2.05, 4.69) is 6.92 Å². The number of hydrogen-bond donors (Lipinski definition) is 0. The topological polar surface area (TPSA) is 43.1 Å². The van der Waals surface area contributed by atoms with Gasteiger partial charge in [-0.2, -0.15) is 0 Å². The SMILES string of the molecule is CC(CCl)CSc1ccc([N+](=O)[O-])cc1.